The van der Waals surface area contributed by atoms with Gasteiger partial charge >= 0.3 is 6.03 Å². The fourth-order valence-electron chi connectivity index (χ4n) is 4.14. The van der Waals surface area contributed by atoms with Crippen molar-refractivity contribution in [2.24, 2.45) is 22.4 Å². The van der Waals surface area contributed by atoms with Crippen LogP contribution in [0.15, 0.2) is 52.4 Å². The first-order valence-electron chi connectivity index (χ1n) is 12.9. The highest BCUT2D eigenvalue weighted by atomic mass is 19.2. The maximum atomic E-state index is 13.8. The average molecular weight is 557 g/mol. The number of aromatic nitrogens is 2. The van der Waals surface area contributed by atoms with E-state index in [-0.39, 0.29) is 17.5 Å². The lowest BCUT2D eigenvalue weighted by atomic mass is 10.1. The van der Waals surface area contributed by atoms with Crippen LogP contribution in [-0.2, 0) is 6.54 Å². The second kappa shape index (κ2) is 13.1. The third-order valence-electron chi connectivity index (χ3n) is 6.44. The Kier molecular flexibility index (Phi) is 9.38. The molecule has 1 saturated carbocycles. The molecule has 4 rings (SSSR count). The van der Waals surface area contributed by atoms with Crippen molar-refractivity contribution in [3.63, 3.8) is 0 Å². The number of guanidine groups is 1. The number of anilines is 2. The van der Waals surface area contributed by atoms with Crippen LogP contribution in [0.25, 0.3) is 11.1 Å². The number of aliphatic imine (C=N–C) groups is 1. The Morgan fingerprint density at radius 2 is 1.77 bits per heavy atom. The van der Waals surface area contributed by atoms with Gasteiger partial charge in [0.1, 0.15) is 5.82 Å². The molecule has 1 aromatic heterocycles. The number of nitrogens with zero attached hydrogens (tertiary/aromatic N) is 3. The number of hydrogen-bond donors (Lipinski definition) is 5. The molecule has 1 heterocycles. The number of carbonyl (C=O) groups is 1. The van der Waals surface area contributed by atoms with Crippen molar-refractivity contribution in [3.05, 3.63) is 76.0 Å². The first-order chi connectivity index (χ1) is 19.2. The van der Waals surface area contributed by atoms with Crippen LogP contribution in [0.4, 0.5) is 29.6 Å². The Bertz CT molecular complexity index is 1420. The first kappa shape index (κ1) is 28.6. The number of urea groups is 1. The van der Waals surface area contributed by atoms with E-state index in [0.29, 0.717) is 24.2 Å². The zero-order chi connectivity index (χ0) is 28.6. The second-order valence-corrected chi connectivity index (χ2v) is 9.67. The average Bonchev–Trinajstić information content (AvgIpc) is 3.73. The maximum absolute atomic E-state index is 13.8. The predicted octanol–water partition coefficient (Wildman–Crippen LogP) is 3.76. The molecule has 212 valence electrons. The van der Waals surface area contributed by atoms with Crippen molar-refractivity contribution in [2.75, 3.05) is 30.3 Å². The number of H-pyrrole nitrogens is 1. The maximum Gasteiger partial charge on any atom is 0.326 e. The van der Waals surface area contributed by atoms with Crippen molar-refractivity contribution in [1.29, 1.82) is 0 Å². The summed E-state index contributed by atoms with van der Waals surface area (Å²) >= 11 is 0. The number of benzene rings is 2. The molecular formula is C27H31F3N8O2. The Hall–Kier alpha value is -4.39. The van der Waals surface area contributed by atoms with E-state index in [4.69, 9.17) is 11.5 Å². The van der Waals surface area contributed by atoms with E-state index in [1.54, 1.807) is 0 Å². The van der Waals surface area contributed by atoms with Gasteiger partial charge in [0, 0.05) is 38.0 Å². The molecule has 0 radical (unpaired) electrons. The summed E-state index contributed by atoms with van der Waals surface area (Å²) in [5.41, 5.74) is 11.7. The van der Waals surface area contributed by atoms with Gasteiger partial charge in [0.05, 0.1) is 11.3 Å². The Morgan fingerprint density at radius 1 is 1.05 bits per heavy atom. The van der Waals surface area contributed by atoms with E-state index >= 15 is 0 Å². The third-order valence-corrected chi connectivity index (χ3v) is 6.44. The number of nitrogens with one attached hydrogen (secondary N) is 3. The van der Waals surface area contributed by atoms with Gasteiger partial charge in [-0.3, -0.25) is 25.0 Å². The van der Waals surface area contributed by atoms with Gasteiger partial charge in [-0.25, -0.2) is 22.9 Å². The summed E-state index contributed by atoms with van der Waals surface area (Å²) in [4.78, 5) is 37.7. The highest BCUT2D eigenvalue weighted by Crippen LogP contribution is 2.32. The quantitative estimate of drug-likeness (QED) is 0.0990. The monoisotopic (exact) mass is 556 g/mol. The Labute approximate surface area is 228 Å². The number of carbonyl (C=O) groups excluding carboxylic acids is 1. The van der Waals surface area contributed by atoms with Gasteiger partial charge in [0.15, 0.2) is 17.6 Å². The van der Waals surface area contributed by atoms with Gasteiger partial charge in [0.25, 0.3) is 5.56 Å². The van der Waals surface area contributed by atoms with Gasteiger partial charge in [-0.15, -0.1) is 0 Å². The molecule has 13 heteroatoms. The van der Waals surface area contributed by atoms with Crippen LogP contribution in [0, 0.1) is 23.4 Å². The fraction of sp³-hybridized carbons (Fsp3) is 0.333. The highest BCUT2D eigenvalue weighted by Gasteiger charge is 2.22. The van der Waals surface area contributed by atoms with Crippen molar-refractivity contribution in [2.45, 2.75) is 32.2 Å². The summed E-state index contributed by atoms with van der Waals surface area (Å²) in [6, 6.07) is 7.36. The standard InChI is InChI=1S/C27H31F3N8O2/c28-20-12-22(30)23(13-21(20)29)35-27(40)37-26-34-14-19(24(39)36-26)18-6-4-17(5-7-18)15-38(11-8-16-2-3-16)10-1-9-33-25(31)32/h4-7,12-14,16H,1-3,8-11,15H2,(H4,31,32,33)(H3,34,35,36,37,39,40). The summed E-state index contributed by atoms with van der Waals surface area (Å²) in [7, 11) is 0. The van der Waals surface area contributed by atoms with E-state index < -0.39 is 34.7 Å². The molecule has 1 aliphatic rings. The highest BCUT2D eigenvalue weighted by molar-refractivity contribution is 5.98. The largest absolute Gasteiger partial charge is 0.370 e. The van der Waals surface area contributed by atoms with Gasteiger partial charge in [-0.2, -0.15) is 0 Å². The summed E-state index contributed by atoms with van der Waals surface area (Å²) in [6.45, 7) is 3.17. The molecular weight excluding hydrogens is 525 g/mol. The van der Waals surface area contributed by atoms with Crippen LogP contribution >= 0.6 is 0 Å². The van der Waals surface area contributed by atoms with E-state index in [2.05, 4.69) is 25.2 Å². The van der Waals surface area contributed by atoms with E-state index in [0.717, 1.165) is 44.0 Å². The van der Waals surface area contributed by atoms with E-state index in [1.165, 1.54) is 19.0 Å². The molecule has 40 heavy (non-hydrogen) atoms. The second-order valence-electron chi connectivity index (χ2n) is 9.67. The predicted molar refractivity (Wildman–Crippen MR) is 147 cm³/mol. The minimum atomic E-state index is -1.39. The minimum Gasteiger partial charge on any atom is -0.370 e. The number of hydrogen-bond acceptors (Lipinski definition) is 5. The molecule has 2 amide bonds. The Balaban J connectivity index is 1.36. The van der Waals surface area contributed by atoms with Crippen LogP contribution in [0.2, 0.25) is 0 Å². The first-order valence-corrected chi connectivity index (χ1v) is 12.9. The zero-order valence-corrected chi connectivity index (χ0v) is 21.7. The van der Waals surface area contributed by atoms with E-state index in [1.807, 2.05) is 29.6 Å². The number of amides is 2. The number of aromatic amines is 1. The van der Waals surface area contributed by atoms with Gasteiger partial charge < -0.3 is 16.8 Å². The van der Waals surface area contributed by atoms with Crippen molar-refractivity contribution >= 4 is 23.6 Å². The summed E-state index contributed by atoms with van der Waals surface area (Å²) in [5.74, 6) is -3.17. The van der Waals surface area contributed by atoms with Gasteiger partial charge in [0.2, 0.25) is 5.95 Å². The number of halogens is 3. The zero-order valence-electron chi connectivity index (χ0n) is 21.7. The molecule has 2 aromatic carbocycles. The molecule has 0 atom stereocenters. The topological polar surface area (TPSA) is 155 Å². The summed E-state index contributed by atoms with van der Waals surface area (Å²) < 4.78 is 40.2. The smallest absolute Gasteiger partial charge is 0.326 e. The SMILES string of the molecule is NC(N)=NCCCN(CCC1CC1)Cc1ccc(-c2cnc(NC(=O)Nc3cc(F)c(F)cc3F)[nH]c2=O)cc1. The lowest BCUT2D eigenvalue weighted by Gasteiger charge is -2.22. The molecule has 10 nitrogen and oxygen atoms in total. The lowest BCUT2D eigenvalue weighted by Crippen LogP contribution is -2.27. The van der Waals surface area contributed by atoms with Crippen molar-refractivity contribution in [1.82, 2.24) is 14.9 Å². The molecule has 1 aliphatic carbocycles. The molecule has 0 saturated heterocycles. The number of rotatable bonds is 12. The number of nitrogens with two attached hydrogens (primary N) is 2. The molecule has 0 aliphatic heterocycles. The lowest BCUT2D eigenvalue weighted by molar-refractivity contribution is 0.255. The van der Waals surface area contributed by atoms with Gasteiger partial charge in [-0.1, -0.05) is 37.1 Å². The van der Waals surface area contributed by atoms with Crippen molar-refractivity contribution < 1.29 is 18.0 Å². The molecule has 1 fully saturated rings. The Morgan fingerprint density at radius 3 is 2.45 bits per heavy atom. The van der Waals surface area contributed by atoms with Crippen molar-refractivity contribution in [3.8, 4) is 11.1 Å². The summed E-state index contributed by atoms with van der Waals surface area (Å²) in [5, 5.41) is 4.26. The third kappa shape index (κ3) is 8.30. The molecule has 0 unspecified atom stereocenters. The summed E-state index contributed by atoms with van der Waals surface area (Å²) in [6.07, 6.45) is 5.90. The van der Waals surface area contributed by atoms with Crippen LogP contribution in [-0.4, -0.2) is 46.5 Å². The van der Waals surface area contributed by atoms with Crippen LogP contribution in [0.1, 0.15) is 31.2 Å². The molecule has 7 N–H and O–H groups in total. The molecule has 0 bridgehead atoms. The van der Waals surface area contributed by atoms with Gasteiger partial charge in [-0.05, 0) is 36.4 Å². The van der Waals surface area contributed by atoms with E-state index in [9.17, 15) is 22.8 Å². The van der Waals surface area contributed by atoms with Crippen LogP contribution in [0.5, 0.6) is 0 Å². The van der Waals surface area contributed by atoms with Crippen LogP contribution < -0.4 is 27.7 Å². The molecule has 3 aromatic rings. The van der Waals surface area contributed by atoms with Crippen LogP contribution in [0.3, 0.4) is 0 Å². The normalized spacial score (nSPS) is 12.8. The minimum absolute atomic E-state index is 0.0914. The molecule has 0 spiro atoms. The fourth-order valence-corrected chi connectivity index (χ4v) is 4.14.